The lowest BCUT2D eigenvalue weighted by Gasteiger charge is -2.43. The predicted molar refractivity (Wildman–Crippen MR) is 98.7 cm³/mol. The van der Waals surface area contributed by atoms with Crippen molar-refractivity contribution in [3.63, 3.8) is 0 Å². The molecule has 0 aliphatic heterocycles. The highest BCUT2D eigenvalue weighted by Crippen LogP contribution is 2.44. The first-order valence-electron chi connectivity index (χ1n) is 8.77. The highest BCUT2D eigenvalue weighted by atomic mass is 28.4. The van der Waals surface area contributed by atoms with Crippen LogP contribution in [0.2, 0.25) is 18.1 Å². The Morgan fingerprint density at radius 1 is 1.29 bits per heavy atom. The third-order valence-corrected chi connectivity index (χ3v) is 10.2. The lowest BCUT2D eigenvalue weighted by Crippen LogP contribution is -2.45. The molecule has 2 rings (SSSR count). The van der Waals surface area contributed by atoms with Gasteiger partial charge in [0.15, 0.2) is 8.32 Å². The number of nitrogens with zero attached hydrogens (tertiary/aromatic N) is 2. The number of hydrogen-bond donors (Lipinski definition) is 0. The molecule has 0 saturated heterocycles. The maximum Gasteiger partial charge on any atom is 0.290 e. The van der Waals surface area contributed by atoms with Gasteiger partial charge in [-0.05, 0) is 55.3 Å². The first-order chi connectivity index (χ1) is 11.0. The Kier molecular flexibility index (Phi) is 5.49. The topological polar surface area (TPSA) is 65.3 Å². The van der Waals surface area contributed by atoms with E-state index in [1.807, 2.05) is 6.07 Å². The van der Waals surface area contributed by atoms with Gasteiger partial charge in [0.05, 0.1) is 4.92 Å². The largest absolute Gasteiger partial charge is 0.414 e. The average Bonchev–Trinajstić information content (AvgIpc) is 2.44. The van der Waals surface area contributed by atoms with Crippen LogP contribution in [0.5, 0.6) is 0 Å². The van der Waals surface area contributed by atoms with Crippen molar-refractivity contribution in [3.05, 3.63) is 34.1 Å². The molecule has 1 fully saturated rings. The summed E-state index contributed by atoms with van der Waals surface area (Å²) in [6, 6.07) is 1.81. The Morgan fingerprint density at radius 3 is 2.54 bits per heavy atom. The molecule has 1 aliphatic rings. The summed E-state index contributed by atoms with van der Waals surface area (Å²) in [7, 11) is -1.83. The fraction of sp³-hybridized carbons (Fsp3) is 0.722. The second-order valence-corrected chi connectivity index (χ2v) is 13.5. The summed E-state index contributed by atoms with van der Waals surface area (Å²) in [4.78, 5) is 14.9. The van der Waals surface area contributed by atoms with E-state index < -0.39 is 8.32 Å². The number of hydrogen-bond acceptors (Lipinski definition) is 4. The normalized spacial score (nSPS) is 25.5. The molecule has 134 valence electrons. The molecule has 5 nitrogen and oxygen atoms in total. The Morgan fingerprint density at radius 2 is 1.96 bits per heavy atom. The summed E-state index contributed by atoms with van der Waals surface area (Å²) in [5.41, 5.74) is 0.952. The predicted octanol–water partition coefficient (Wildman–Crippen LogP) is 5.28. The Hall–Kier alpha value is -1.27. The Bertz CT molecular complexity index is 598. The van der Waals surface area contributed by atoms with Gasteiger partial charge in [-0.15, -0.1) is 0 Å². The molecule has 1 aliphatic carbocycles. The summed E-state index contributed by atoms with van der Waals surface area (Å²) >= 11 is 0. The second-order valence-electron chi connectivity index (χ2n) is 8.70. The molecule has 1 aromatic rings. The van der Waals surface area contributed by atoms with Gasteiger partial charge in [-0.3, -0.25) is 15.1 Å². The molecule has 0 N–H and O–H groups in total. The van der Waals surface area contributed by atoms with Crippen molar-refractivity contribution < 1.29 is 9.35 Å². The summed E-state index contributed by atoms with van der Waals surface area (Å²) in [5, 5.41) is 11.5. The highest BCUT2D eigenvalue weighted by molar-refractivity contribution is 6.74. The molecule has 6 heteroatoms. The molecule has 0 amide bonds. The zero-order valence-corrected chi connectivity index (χ0v) is 16.7. The fourth-order valence-electron chi connectivity index (χ4n) is 3.38. The van der Waals surface area contributed by atoms with E-state index in [9.17, 15) is 10.1 Å². The highest BCUT2D eigenvalue weighted by Gasteiger charge is 2.41. The molecule has 0 bridgehead atoms. The van der Waals surface area contributed by atoms with Crippen LogP contribution in [-0.2, 0) is 4.43 Å². The second kappa shape index (κ2) is 6.92. The molecule has 0 radical (unpaired) electrons. The zero-order chi connectivity index (χ0) is 18.1. The zero-order valence-electron chi connectivity index (χ0n) is 15.7. The van der Waals surface area contributed by atoms with Crippen LogP contribution in [0.3, 0.4) is 0 Å². The molecule has 1 aromatic heterocycles. The first kappa shape index (κ1) is 19.1. The third-order valence-electron chi connectivity index (χ3n) is 5.64. The van der Waals surface area contributed by atoms with Gasteiger partial charge in [0.2, 0.25) is 0 Å². The van der Waals surface area contributed by atoms with Gasteiger partial charge in [-0.25, -0.2) is 0 Å². The number of rotatable bonds is 4. The lowest BCUT2D eigenvalue weighted by atomic mass is 9.77. The Balaban J connectivity index is 2.22. The van der Waals surface area contributed by atoms with E-state index in [4.69, 9.17) is 4.43 Å². The minimum Gasteiger partial charge on any atom is -0.414 e. The molecule has 3 atom stereocenters. The summed E-state index contributed by atoms with van der Waals surface area (Å²) in [6.45, 7) is 13.5. The van der Waals surface area contributed by atoms with Crippen LogP contribution >= 0.6 is 0 Å². The monoisotopic (exact) mass is 350 g/mol. The summed E-state index contributed by atoms with van der Waals surface area (Å²) in [5.74, 6) is 0.679. The van der Waals surface area contributed by atoms with Crippen LogP contribution in [0.15, 0.2) is 18.5 Å². The quantitative estimate of drug-likeness (QED) is 0.421. The van der Waals surface area contributed by atoms with Crippen molar-refractivity contribution in [2.45, 2.75) is 77.1 Å². The van der Waals surface area contributed by atoms with Gasteiger partial charge in [0, 0.05) is 17.9 Å². The van der Waals surface area contributed by atoms with Gasteiger partial charge < -0.3 is 4.43 Å². The molecular formula is C18H30N2O3Si. The molecule has 1 heterocycles. The molecule has 1 unspecified atom stereocenters. The standard InChI is InChI=1S/C18H30N2O3Si/c1-13-9-14(16-7-8-19-12-17(16)20(21)22)11-15(10-13)23-24(5,6)18(2,3)4/h7-8,12-15H,9-11H2,1-6H3/t13-,14?,15-/m0/s1. The van der Waals surface area contributed by atoms with Crippen molar-refractivity contribution in [2.75, 3.05) is 0 Å². The van der Waals surface area contributed by atoms with Crippen molar-refractivity contribution in [1.29, 1.82) is 0 Å². The van der Waals surface area contributed by atoms with Crippen LogP contribution in [0.25, 0.3) is 0 Å². The number of pyridine rings is 1. The average molecular weight is 351 g/mol. The van der Waals surface area contributed by atoms with Crippen molar-refractivity contribution in [1.82, 2.24) is 4.98 Å². The van der Waals surface area contributed by atoms with Gasteiger partial charge in [-0.2, -0.15) is 0 Å². The van der Waals surface area contributed by atoms with E-state index in [1.54, 1.807) is 6.20 Å². The maximum absolute atomic E-state index is 11.3. The van der Waals surface area contributed by atoms with Gasteiger partial charge in [0.1, 0.15) is 6.20 Å². The van der Waals surface area contributed by atoms with Crippen LogP contribution in [-0.4, -0.2) is 24.3 Å². The maximum atomic E-state index is 11.3. The van der Waals surface area contributed by atoms with E-state index in [0.29, 0.717) is 5.92 Å². The number of aromatic nitrogens is 1. The van der Waals surface area contributed by atoms with E-state index in [-0.39, 0.29) is 27.7 Å². The van der Waals surface area contributed by atoms with Crippen LogP contribution in [0, 0.1) is 16.0 Å². The van der Waals surface area contributed by atoms with Crippen molar-refractivity contribution >= 4 is 14.0 Å². The van der Waals surface area contributed by atoms with E-state index in [2.05, 4.69) is 45.8 Å². The number of nitro groups is 1. The lowest BCUT2D eigenvalue weighted by molar-refractivity contribution is -0.386. The molecular weight excluding hydrogens is 320 g/mol. The molecule has 1 saturated carbocycles. The molecule has 0 spiro atoms. The van der Waals surface area contributed by atoms with Crippen LogP contribution in [0.1, 0.15) is 58.4 Å². The molecule has 0 aromatic carbocycles. The minimum atomic E-state index is -1.83. The van der Waals surface area contributed by atoms with Gasteiger partial charge in [0.25, 0.3) is 5.69 Å². The summed E-state index contributed by atoms with van der Waals surface area (Å²) < 4.78 is 6.62. The van der Waals surface area contributed by atoms with Crippen molar-refractivity contribution in [2.24, 2.45) is 5.92 Å². The van der Waals surface area contributed by atoms with Crippen LogP contribution < -0.4 is 0 Å². The third kappa shape index (κ3) is 4.22. The smallest absolute Gasteiger partial charge is 0.290 e. The first-order valence-corrected chi connectivity index (χ1v) is 11.7. The van der Waals surface area contributed by atoms with E-state index >= 15 is 0 Å². The fourth-order valence-corrected chi connectivity index (χ4v) is 4.76. The SMILES string of the molecule is C[C@H]1CC(c2ccncc2[N+](=O)[O-])C[C@@H](O[Si](C)(C)C(C)(C)C)C1. The minimum absolute atomic E-state index is 0.141. The Labute approximate surface area is 146 Å². The van der Waals surface area contributed by atoms with Crippen molar-refractivity contribution in [3.8, 4) is 0 Å². The van der Waals surface area contributed by atoms with Gasteiger partial charge in [-0.1, -0.05) is 27.7 Å². The van der Waals surface area contributed by atoms with E-state index in [1.165, 1.54) is 6.20 Å². The summed E-state index contributed by atoms with van der Waals surface area (Å²) in [6.07, 6.45) is 6.10. The van der Waals surface area contributed by atoms with Crippen LogP contribution in [0.4, 0.5) is 5.69 Å². The molecule has 24 heavy (non-hydrogen) atoms. The van der Waals surface area contributed by atoms with Gasteiger partial charge >= 0.3 is 0 Å². The van der Waals surface area contributed by atoms with E-state index in [0.717, 1.165) is 24.8 Å².